The van der Waals surface area contributed by atoms with Crippen molar-refractivity contribution in [3.63, 3.8) is 0 Å². The summed E-state index contributed by atoms with van der Waals surface area (Å²) in [7, 11) is 1.66. The number of ether oxygens (including phenoxy) is 2. The highest BCUT2D eigenvalue weighted by molar-refractivity contribution is 5.82. The minimum atomic E-state index is -0.219. The maximum atomic E-state index is 13.1. The van der Waals surface area contributed by atoms with Crippen molar-refractivity contribution in [3.05, 3.63) is 54.1 Å². The first-order valence-electron chi connectivity index (χ1n) is 10.6. The first-order chi connectivity index (χ1) is 14.7. The zero-order valence-electron chi connectivity index (χ0n) is 17.6. The van der Waals surface area contributed by atoms with Crippen molar-refractivity contribution in [2.45, 2.75) is 25.4 Å². The highest BCUT2D eigenvalue weighted by atomic mass is 16.5. The van der Waals surface area contributed by atoms with Crippen molar-refractivity contribution in [1.82, 2.24) is 15.8 Å². The summed E-state index contributed by atoms with van der Waals surface area (Å²) in [5.74, 6) is 1.89. The number of amides is 1. The molecule has 160 valence electrons. The van der Waals surface area contributed by atoms with Gasteiger partial charge in [0.1, 0.15) is 17.5 Å². The molecule has 1 amide bonds. The molecule has 2 saturated heterocycles. The van der Waals surface area contributed by atoms with Crippen LogP contribution >= 0.6 is 0 Å². The fourth-order valence-electron chi connectivity index (χ4n) is 4.18. The molecule has 0 spiro atoms. The number of carbonyl (C=O) groups excluding carboxylic acids is 1. The Balaban J connectivity index is 1.34. The molecule has 2 aromatic rings. The molecule has 4 rings (SSSR count). The molecule has 30 heavy (non-hydrogen) atoms. The zero-order chi connectivity index (χ0) is 20.9. The van der Waals surface area contributed by atoms with E-state index in [1.807, 2.05) is 48.2 Å². The van der Waals surface area contributed by atoms with Crippen LogP contribution in [-0.2, 0) is 4.79 Å². The molecule has 2 atom stereocenters. The van der Waals surface area contributed by atoms with E-state index in [1.54, 1.807) is 7.11 Å². The summed E-state index contributed by atoms with van der Waals surface area (Å²) in [4.78, 5) is 17.3. The Kier molecular flexibility index (Phi) is 6.40. The Labute approximate surface area is 177 Å². The molecule has 2 fully saturated rings. The summed E-state index contributed by atoms with van der Waals surface area (Å²) in [6.45, 7) is 5.66. The molecule has 2 aliphatic heterocycles. The lowest BCUT2D eigenvalue weighted by Crippen LogP contribution is -2.53. The highest BCUT2D eigenvalue weighted by Crippen LogP contribution is 2.30. The van der Waals surface area contributed by atoms with Crippen LogP contribution in [0.25, 0.3) is 0 Å². The van der Waals surface area contributed by atoms with E-state index in [0.29, 0.717) is 19.7 Å². The van der Waals surface area contributed by atoms with E-state index in [-0.39, 0.29) is 18.0 Å². The van der Waals surface area contributed by atoms with E-state index in [0.717, 1.165) is 42.3 Å². The van der Waals surface area contributed by atoms with Crippen molar-refractivity contribution in [1.29, 1.82) is 0 Å². The fourth-order valence-corrected chi connectivity index (χ4v) is 4.18. The van der Waals surface area contributed by atoms with E-state index in [4.69, 9.17) is 9.47 Å². The molecule has 0 bridgehead atoms. The average molecular weight is 411 g/mol. The Hall–Kier alpha value is -2.77. The van der Waals surface area contributed by atoms with Gasteiger partial charge in [-0.3, -0.25) is 4.79 Å². The predicted octanol–water partition coefficient (Wildman–Crippen LogP) is 2.35. The number of para-hydroxylation sites is 2. The van der Waals surface area contributed by atoms with Gasteiger partial charge in [0.25, 0.3) is 0 Å². The fraction of sp³-hybridized carbons (Fsp3) is 0.435. The van der Waals surface area contributed by atoms with Crippen molar-refractivity contribution in [2.24, 2.45) is 0 Å². The Morgan fingerprint density at radius 3 is 2.63 bits per heavy atom. The van der Waals surface area contributed by atoms with Gasteiger partial charge in [0.2, 0.25) is 5.91 Å². The Morgan fingerprint density at radius 1 is 1.07 bits per heavy atom. The summed E-state index contributed by atoms with van der Waals surface area (Å²) >= 11 is 0. The summed E-state index contributed by atoms with van der Waals surface area (Å²) in [6, 6.07) is 16.0. The number of rotatable bonds is 6. The van der Waals surface area contributed by atoms with Crippen molar-refractivity contribution < 1.29 is 14.3 Å². The molecule has 0 saturated carbocycles. The summed E-state index contributed by atoms with van der Waals surface area (Å²) in [5.41, 5.74) is 8.69. The second kappa shape index (κ2) is 9.36. The molecule has 0 aromatic heterocycles. The standard InChI is InChI=1S/C23H30N4O3/c1-3-30-22-10-5-4-9-21(22)26-11-13-27(14-12-26)23(28)20-16-19(24-25-20)17-7-6-8-18(15-17)29-2/h4-10,15,19-20,24-25H,3,11-14,16H2,1-2H3. The van der Waals surface area contributed by atoms with E-state index in [9.17, 15) is 4.79 Å². The molecular formula is C23H30N4O3. The molecule has 2 unspecified atom stereocenters. The second-order valence-electron chi connectivity index (χ2n) is 7.62. The summed E-state index contributed by atoms with van der Waals surface area (Å²) < 4.78 is 11.1. The molecule has 7 nitrogen and oxygen atoms in total. The smallest absolute Gasteiger partial charge is 0.241 e. The van der Waals surface area contributed by atoms with Crippen LogP contribution in [0, 0.1) is 0 Å². The first-order valence-corrected chi connectivity index (χ1v) is 10.6. The maximum Gasteiger partial charge on any atom is 0.241 e. The van der Waals surface area contributed by atoms with Crippen LogP contribution in [0.4, 0.5) is 5.69 Å². The average Bonchev–Trinajstić information content (AvgIpc) is 3.30. The van der Waals surface area contributed by atoms with Gasteiger partial charge in [-0.2, -0.15) is 0 Å². The van der Waals surface area contributed by atoms with Gasteiger partial charge in [-0.1, -0.05) is 24.3 Å². The second-order valence-corrected chi connectivity index (χ2v) is 7.62. The lowest BCUT2D eigenvalue weighted by molar-refractivity contribution is -0.133. The lowest BCUT2D eigenvalue weighted by atomic mass is 10.0. The SMILES string of the molecule is CCOc1ccccc1N1CCN(C(=O)C2CC(c3cccc(OC)c3)NN2)CC1. The normalized spacial score (nSPS) is 21.5. The third kappa shape index (κ3) is 4.37. The van der Waals surface area contributed by atoms with Crippen LogP contribution in [-0.4, -0.2) is 56.7 Å². The lowest BCUT2D eigenvalue weighted by Gasteiger charge is -2.37. The number of hydrogen-bond donors (Lipinski definition) is 2. The van der Waals surface area contributed by atoms with Crippen LogP contribution in [0.5, 0.6) is 11.5 Å². The van der Waals surface area contributed by atoms with Gasteiger partial charge >= 0.3 is 0 Å². The van der Waals surface area contributed by atoms with Gasteiger partial charge in [-0.05, 0) is 43.2 Å². The van der Waals surface area contributed by atoms with Gasteiger partial charge in [0.05, 0.1) is 19.4 Å². The number of nitrogens with zero attached hydrogens (tertiary/aromatic N) is 2. The van der Waals surface area contributed by atoms with Gasteiger partial charge in [-0.25, -0.2) is 10.9 Å². The summed E-state index contributed by atoms with van der Waals surface area (Å²) in [6.07, 6.45) is 0.722. The summed E-state index contributed by atoms with van der Waals surface area (Å²) in [5, 5.41) is 0. The van der Waals surface area contributed by atoms with Crippen LogP contribution < -0.4 is 25.2 Å². The van der Waals surface area contributed by atoms with Crippen LogP contribution in [0.2, 0.25) is 0 Å². The van der Waals surface area contributed by atoms with Gasteiger partial charge < -0.3 is 19.3 Å². The van der Waals surface area contributed by atoms with Gasteiger partial charge in [0.15, 0.2) is 0 Å². The Morgan fingerprint density at radius 2 is 1.87 bits per heavy atom. The number of hydrogen-bond acceptors (Lipinski definition) is 6. The maximum absolute atomic E-state index is 13.1. The molecule has 0 radical (unpaired) electrons. The third-order valence-corrected chi connectivity index (χ3v) is 5.79. The van der Waals surface area contributed by atoms with E-state index < -0.39 is 0 Å². The Bertz CT molecular complexity index is 867. The highest BCUT2D eigenvalue weighted by Gasteiger charge is 2.34. The number of hydrazine groups is 1. The molecule has 2 aliphatic rings. The monoisotopic (exact) mass is 410 g/mol. The van der Waals surface area contributed by atoms with Crippen molar-refractivity contribution in [3.8, 4) is 11.5 Å². The topological polar surface area (TPSA) is 66.1 Å². The number of methoxy groups -OCH3 is 1. The number of piperazine rings is 1. The minimum absolute atomic E-state index is 0.0911. The van der Waals surface area contributed by atoms with Crippen LogP contribution in [0.3, 0.4) is 0 Å². The molecule has 0 aliphatic carbocycles. The van der Waals surface area contributed by atoms with Gasteiger partial charge in [-0.15, -0.1) is 0 Å². The predicted molar refractivity (Wildman–Crippen MR) is 117 cm³/mol. The van der Waals surface area contributed by atoms with E-state index >= 15 is 0 Å². The van der Waals surface area contributed by atoms with E-state index in [2.05, 4.69) is 27.9 Å². The number of benzene rings is 2. The number of carbonyl (C=O) groups is 1. The molecule has 2 heterocycles. The molecule has 7 heteroatoms. The molecular weight excluding hydrogens is 380 g/mol. The number of nitrogens with one attached hydrogen (secondary N) is 2. The quantitative estimate of drug-likeness (QED) is 0.762. The van der Waals surface area contributed by atoms with Crippen LogP contribution in [0.15, 0.2) is 48.5 Å². The van der Waals surface area contributed by atoms with Crippen LogP contribution in [0.1, 0.15) is 24.9 Å². The first kappa shape index (κ1) is 20.5. The zero-order valence-corrected chi connectivity index (χ0v) is 17.6. The molecule has 2 N–H and O–H groups in total. The van der Waals surface area contributed by atoms with E-state index in [1.165, 1.54) is 0 Å². The largest absolute Gasteiger partial charge is 0.497 e. The number of anilines is 1. The minimum Gasteiger partial charge on any atom is -0.497 e. The third-order valence-electron chi connectivity index (χ3n) is 5.79. The van der Waals surface area contributed by atoms with Crippen molar-refractivity contribution in [2.75, 3.05) is 44.8 Å². The molecule has 2 aromatic carbocycles. The van der Waals surface area contributed by atoms with Crippen molar-refractivity contribution >= 4 is 11.6 Å². The van der Waals surface area contributed by atoms with Gasteiger partial charge in [0, 0.05) is 32.2 Å².